The molecule has 0 bridgehead atoms. The van der Waals surface area contributed by atoms with E-state index in [1.54, 1.807) is 19.2 Å². The van der Waals surface area contributed by atoms with E-state index in [-0.39, 0.29) is 5.91 Å². The second kappa shape index (κ2) is 9.10. The van der Waals surface area contributed by atoms with Crippen molar-refractivity contribution in [2.24, 2.45) is 0 Å². The fourth-order valence-corrected chi connectivity index (χ4v) is 2.44. The number of carbonyl (C=O) groups is 1. The van der Waals surface area contributed by atoms with Crippen molar-refractivity contribution in [2.45, 2.75) is 13.5 Å². The third-order valence-corrected chi connectivity index (χ3v) is 3.98. The van der Waals surface area contributed by atoms with Gasteiger partial charge in [-0.3, -0.25) is 4.79 Å². The molecule has 0 saturated carbocycles. The van der Waals surface area contributed by atoms with E-state index in [2.05, 4.69) is 10.2 Å². The number of anilines is 1. The standard InChI is InChI=1S/C20H27N3O3/c1-14-5-7-16(21)12-17(14)20(24)22-13-15-6-8-18(19(11-15)25-4)26-10-9-23(2)3/h5-8,11-12H,9-10,13,21H2,1-4H3,(H,22,24). The maximum atomic E-state index is 12.4. The maximum Gasteiger partial charge on any atom is 0.251 e. The summed E-state index contributed by atoms with van der Waals surface area (Å²) in [6, 6.07) is 11.0. The molecule has 2 rings (SSSR count). The number of nitrogen functional groups attached to an aromatic ring is 1. The van der Waals surface area contributed by atoms with Crippen molar-refractivity contribution in [1.82, 2.24) is 10.2 Å². The van der Waals surface area contributed by atoms with Crippen LogP contribution in [0, 0.1) is 6.92 Å². The minimum Gasteiger partial charge on any atom is -0.493 e. The average molecular weight is 357 g/mol. The SMILES string of the molecule is COc1cc(CNC(=O)c2cc(N)ccc2C)ccc1OCCN(C)C. The number of nitrogens with zero attached hydrogens (tertiary/aromatic N) is 1. The summed E-state index contributed by atoms with van der Waals surface area (Å²) in [5.41, 5.74) is 8.74. The molecule has 26 heavy (non-hydrogen) atoms. The minimum absolute atomic E-state index is 0.153. The number of methoxy groups -OCH3 is 1. The van der Waals surface area contributed by atoms with E-state index in [1.807, 2.05) is 45.3 Å². The Labute approximate surface area is 154 Å². The van der Waals surface area contributed by atoms with Gasteiger partial charge in [0.1, 0.15) is 6.61 Å². The fraction of sp³-hybridized carbons (Fsp3) is 0.350. The number of nitrogens with two attached hydrogens (primary N) is 1. The van der Waals surface area contributed by atoms with Gasteiger partial charge >= 0.3 is 0 Å². The Bertz CT molecular complexity index is 760. The van der Waals surface area contributed by atoms with Gasteiger partial charge in [-0.1, -0.05) is 12.1 Å². The van der Waals surface area contributed by atoms with Crippen LogP contribution in [0.1, 0.15) is 21.5 Å². The summed E-state index contributed by atoms with van der Waals surface area (Å²) in [5.74, 6) is 1.19. The van der Waals surface area contributed by atoms with E-state index >= 15 is 0 Å². The summed E-state index contributed by atoms with van der Waals surface area (Å²) in [7, 11) is 5.59. The molecule has 6 nitrogen and oxygen atoms in total. The monoisotopic (exact) mass is 357 g/mol. The molecule has 0 atom stereocenters. The van der Waals surface area contributed by atoms with E-state index in [9.17, 15) is 4.79 Å². The highest BCUT2D eigenvalue weighted by Crippen LogP contribution is 2.28. The van der Waals surface area contributed by atoms with E-state index < -0.39 is 0 Å². The normalized spacial score (nSPS) is 10.7. The molecule has 3 N–H and O–H groups in total. The summed E-state index contributed by atoms with van der Waals surface area (Å²) in [6.45, 7) is 3.67. The number of rotatable bonds is 8. The predicted molar refractivity (Wildman–Crippen MR) is 104 cm³/mol. The van der Waals surface area contributed by atoms with Gasteiger partial charge in [0.25, 0.3) is 5.91 Å². The molecule has 0 fully saturated rings. The molecular weight excluding hydrogens is 330 g/mol. The smallest absolute Gasteiger partial charge is 0.251 e. The third-order valence-electron chi connectivity index (χ3n) is 3.98. The summed E-state index contributed by atoms with van der Waals surface area (Å²) in [6.07, 6.45) is 0. The fourth-order valence-electron chi connectivity index (χ4n) is 2.44. The Balaban J connectivity index is 2.01. The molecule has 0 aliphatic heterocycles. The van der Waals surface area contributed by atoms with E-state index in [1.165, 1.54) is 0 Å². The van der Waals surface area contributed by atoms with Gasteiger partial charge in [-0.25, -0.2) is 0 Å². The van der Waals surface area contributed by atoms with E-state index in [4.69, 9.17) is 15.2 Å². The third kappa shape index (κ3) is 5.39. The van der Waals surface area contributed by atoms with Gasteiger partial charge in [-0.2, -0.15) is 0 Å². The molecule has 0 saturated heterocycles. The lowest BCUT2D eigenvalue weighted by Gasteiger charge is -2.15. The molecule has 0 radical (unpaired) electrons. The molecule has 0 spiro atoms. The summed E-state index contributed by atoms with van der Waals surface area (Å²) in [4.78, 5) is 14.4. The molecule has 1 amide bonds. The van der Waals surface area contributed by atoms with Crippen molar-refractivity contribution in [2.75, 3.05) is 40.1 Å². The Kier molecular flexibility index (Phi) is 6.86. The van der Waals surface area contributed by atoms with Crippen LogP contribution in [-0.2, 0) is 6.54 Å². The van der Waals surface area contributed by atoms with Crippen molar-refractivity contribution < 1.29 is 14.3 Å². The molecule has 0 aliphatic rings. The molecule has 6 heteroatoms. The van der Waals surface area contributed by atoms with Crippen LogP contribution < -0.4 is 20.5 Å². The number of ether oxygens (including phenoxy) is 2. The molecule has 0 aromatic heterocycles. The number of likely N-dealkylation sites (N-methyl/N-ethyl adjacent to an activating group) is 1. The topological polar surface area (TPSA) is 76.8 Å². The second-order valence-corrected chi connectivity index (χ2v) is 6.39. The van der Waals surface area contributed by atoms with Gasteiger partial charge in [0.05, 0.1) is 7.11 Å². The van der Waals surface area contributed by atoms with Crippen molar-refractivity contribution in [1.29, 1.82) is 0 Å². The zero-order valence-electron chi connectivity index (χ0n) is 15.8. The van der Waals surface area contributed by atoms with Crippen LogP contribution in [0.4, 0.5) is 5.69 Å². The van der Waals surface area contributed by atoms with Crippen molar-refractivity contribution in [3.05, 3.63) is 53.1 Å². The van der Waals surface area contributed by atoms with Gasteiger partial charge in [0, 0.05) is 24.3 Å². The predicted octanol–water partition coefficient (Wildman–Crippen LogP) is 2.46. The molecule has 0 unspecified atom stereocenters. The molecular formula is C20H27N3O3. The van der Waals surface area contributed by atoms with Crippen LogP contribution in [0.5, 0.6) is 11.5 Å². The zero-order chi connectivity index (χ0) is 19.1. The Morgan fingerprint density at radius 2 is 1.92 bits per heavy atom. The number of hydrogen-bond acceptors (Lipinski definition) is 5. The van der Waals surface area contributed by atoms with Crippen molar-refractivity contribution in [3.63, 3.8) is 0 Å². The average Bonchev–Trinajstić information content (AvgIpc) is 2.62. The first kappa shape index (κ1) is 19.6. The summed E-state index contributed by atoms with van der Waals surface area (Å²) in [5, 5.41) is 2.91. The molecule has 2 aromatic rings. The lowest BCUT2D eigenvalue weighted by molar-refractivity contribution is 0.0950. The number of carbonyl (C=O) groups excluding carboxylic acids is 1. The number of benzene rings is 2. The Morgan fingerprint density at radius 1 is 1.15 bits per heavy atom. The zero-order valence-corrected chi connectivity index (χ0v) is 15.8. The molecule has 140 valence electrons. The van der Waals surface area contributed by atoms with Crippen LogP contribution in [0.15, 0.2) is 36.4 Å². The van der Waals surface area contributed by atoms with Crippen molar-refractivity contribution >= 4 is 11.6 Å². The molecule has 0 heterocycles. The summed E-state index contributed by atoms with van der Waals surface area (Å²) < 4.78 is 11.2. The van der Waals surface area contributed by atoms with Gasteiger partial charge in [0.2, 0.25) is 0 Å². The van der Waals surface area contributed by atoms with Crippen LogP contribution in [0.25, 0.3) is 0 Å². The first-order chi connectivity index (χ1) is 12.4. The Hall–Kier alpha value is -2.73. The quantitative estimate of drug-likeness (QED) is 0.710. The highest BCUT2D eigenvalue weighted by molar-refractivity contribution is 5.96. The second-order valence-electron chi connectivity index (χ2n) is 6.39. The number of nitrogens with one attached hydrogen (secondary N) is 1. The maximum absolute atomic E-state index is 12.4. The van der Waals surface area contributed by atoms with Gasteiger partial charge < -0.3 is 25.4 Å². The van der Waals surface area contributed by atoms with Crippen molar-refractivity contribution in [3.8, 4) is 11.5 Å². The van der Waals surface area contributed by atoms with Crippen LogP contribution in [0.3, 0.4) is 0 Å². The van der Waals surface area contributed by atoms with Gasteiger partial charge in [0.15, 0.2) is 11.5 Å². The van der Waals surface area contributed by atoms with Crippen LogP contribution in [0.2, 0.25) is 0 Å². The van der Waals surface area contributed by atoms with Gasteiger partial charge in [-0.05, 0) is 56.4 Å². The molecule has 2 aromatic carbocycles. The lowest BCUT2D eigenvalue weighted by atomic mass is 10.1. The molecule has 0 aliphatic carbocycles. The lowest BCUT2D eigenvalue weighted by Crippen LogP contribution is -2.23. The summed E-state index contributed by atoms with van der Waals surface area (Å²) >= 11 is 0. The largest absolute Gasteiger partial charge is 0.493 e. The highest BCUT2D eigenvalue weighted by atomic mass is 16.5. The van der Waals surface area contributed by atoms with Gasteiger partial charge in [-0.15, -0.1) is 0 Å². The minimum atomic E-state index is -0.153. The number of amides is 1. The first-order valence-electron chi connectivity index (χ1n) is 8.49. The number of aryl methyl sites for hydroxylation is 1. The number of hydrogen-bond donors (Lipinski definition) is 2. The Morgan fingerprint density at radius 3 is 2.62 bits per heavy atom. The first-order valence-corrected chi connectivity index (χ1v) is 8.49. The van der Waals surface area contributed by atoms with Crippen LogP contribution >= 0.6 is 0 Å². The highest BCUT2D eigenvalue weighted by Gasteiger charge is 2.11. The van der Waals surface area contributed by atoms with E-state index in [0.29, 0.717) is 35.9 Å². The van der Waals surface area contributed by atoms with Crippen LogP contribution in [-0.4, -0.2) is 45.2 Å². The van der Waals surface area contributed by atoms with E-state index in [0.717, 1.165) is 17.7 Å².